The fraction of sp³-hybridized carbons (Fsp3) is 0.333. The Morgan fingerprint density at radius 3 is 2.67 bits per heavy atom. The second-order valence-electron chi connectivity index (χ2n) is 7.12. The second kappa shape index (κ2) is 7.31. The lowest BCUT2D eigenvalue weighted by Gasteiger charge is -2.21. The molecule has 2 aromatic carbocycles. The van der Waals surface area contributed by atoms with E-state index in [2.05, 4.69) is 5.32 Å². The maximum absolute atomic E-state index is 13.9. The van der Waals surface area contributed by atoms with E-state index in [0.717, 1.165) is 43.4 Å². The Kier molecular flexibility index (Phi) is 4.87. The molecule has 1 aliphatic carbocycles. The van der Waals surface area contributed by atoms with E-state index in [0.29, 0.717) is 12.2 Å². The summed E-state index contributed by atoms with van der Waals surface area (Å²) in [5, 5.41) is 2.77. The number of hydrogen-bond acceptors (Lipinski definition) is 2. The summed E-state index contributed by atoms with van der Waals surface area (Å²) in [7, 11) is 0. The number of carbonyl (C=O) groups excluding carboxylic acids is 2. The second-order valence-corrected chi connectivity index (χ2v) is 7.52. The maximum atomic E-state index is 13.9. The molecule has 0 atom stereocenters. The van der Waals surface area contributed by atoms with Crippen LogP contribution >= 0.6 is 11.6 Å². The summed E-state index contributed by atoms with van der Waals surface area (Å²) in [4.78, 5) is 27.0. The molecule has 0 aromatic heterocycles. The number of nitrogens with zero attached hydrogens (tertiary/aromatic N) is 1. The Labute approximate surface area is 162 Å². The number of fused-ring (bicyclic) bond motifs is 1. The summed E-state index contributed by atoms with van der Waals surface area (Å²) >= 11 is 5.96. The fourth-order valence-corrected chi connectivity index (χ4v) is 4.26. The van der Waals surface area contributed by atoms with Crippen LogP contribution in [0.15, 0.2) is 36.4 Å². The molecule has 4 nitrogen and oxygen atoms in total. The molecule has 1 fully saturated rings. The highest BCUT2D eigenvalue weighted by molar-refractivity contribution is 6.34. The zero-order chi connectivity index (χ0) is 19.0. The normalized spacial score (nSPS) is 16.4. The molecule has 1 saturated carbocycles. The minimum atomic E-state index is -0.658. The van der Waals surface area contributed by atoms with E-state index in [4.69, 9.17) is 11.6 Å². The Morgan fingerprint density at radius 2 is 1.93 bits per heavy atom. The predicted octanol–water partition coefficient (Wildman–Crippen LogP) is 4.81. The van der Waals surface area contributed by atoms with Crippen molar-refractivity contribution in [3.8, 4) is 0 Å². The van der Waals surface area contributed by atoms with Gasteiger partial charge in [0.2, 0.25) is 5.91 Å². The van der Waals surface area contributed by atoms with Crippen molar-refractivity contribution in [3.63, 3.8) is 0 Å². The molecule has 0 unspecified atom stereocenters. The molecule has 2 aromatic rings. The van der Waals surface area contributed by atoms with Crippen LogP contribution in [0.3, 0.4) is 0 Å². The Balaban J connectivity index is 1.52. The monoisotopic (exact) mass is 386 g/mol. The number of carbonyl (C=O) groups is 2. The minimum Gasteiger partial charge on any atom is -0.322 e. The molecular formula is C21H20ClFN2O2. The first-order valence-corrected chi connectivity index (χ1v) is 9.62. The van der Waals surface area contributed by atoms with Crippen LogP contribution in [0.1, 0.15) is 41.6 Å². The topological polar surface area (TPSA) is 49.4 Å². The Morgan fingerprint density at radius 1 is 1.15 bits per heavy atom. The van der Waals surface area contributed by atoms with Gasteiger partial charge in [0.1, 0.15) is 5.82 Å². The zero-order valence-corrected chi connectivity index (χ0v) is 15.6. The quantitative estimate of drug-likeness (QED) is 0.822. The van der Waals surface area contributed by atoms with Crippen molar-refractivity contribution in [2.75, 3.05) is 16.8 Å². The van der Waals surface area contributed by atoms with Gasteiger partial charge in [-0.1, -0.05) is 30.5 Å². The first-order chi connectivity index (χ1) is 13.0. The predicted molar refractivity (Wildman–Crippen MR) is 104 cm³/mol. The van der Waals surface area contributed by atoms with E-state index >= 15 is 0 Å². The lowest BCUT2D eigenvalue weighted by molar-refractivity contribution is -0.122. The first-order valence-electron chi connectivity index (χ1n) is 9.24. The summed E-state index contributed by atoms with van der Waals surface area (Å²) in [6.07, 6.45) is 4.95. The first kappa shape index (κ1) is 18.0. The third kappa shape index (κ3) is 3.44. The van der Waals surface area contributed by atoms with Crippen molar-refractivity contribution < 1.29 is 14.0 Å². The van der Waals surface area contributed by atoms with Crippen LogP contribution in [-0.2, 0) is 11.2 Å². The van der Waals surface area contributed by atoms with Crippen LogP contribution in [0.2, 0.25) is 5.02 Å². The van der Waals surface area contributed by atoms with Gasteiger partial charge in [0.15, 0.2) is 0 Å². The van der Waals surface area contributed by atoms with Crippen molar-refractivity contribution in [1.82, 2.24) is 0 Å². The van der Waals surface area contributed by atoms with Crippen LogP contribution in [0.5, 0.6) is 0 Å². The molecular weight excluding hydrogens is 367 g/mol. The standard InChI is InChI=1S/C21H20ClFN2O2/c22-16-6-3-7-17(23)19(16)20(26)24-15-8-9-18-14(12-15)10-11-25(18)21(27)13-4-1-2-5-13/h3,6-9,12-13H,1-2,4-5,10-11H2,(H,24,26). The van der Waals surface area contributed by atoms with Gasteiger partial charge in [-0.2, -0.15) is 0 Å². The van der Waals surface area contributed by atoms with Crippen LogP contribution in [0.25, 0.3) is 0 Å². The van der Waals surface area contributed by atoms with E-state index in [1.54, 1.807) is 6.07 Å². The minimum absolute atomic E-state index is 0.0713. The van der Waals surface area contributed by atoms with E-state index in [1.165, 1.54) is 18.2 Å². The van der Waals surface area contributed by atoms with Crippen molar-refractivity contribution in [3.05, 3.63) is 58.4 Å². The number of anilines is 2. The van der Waals surface area contributed by atoms with Gasteiger partial charge in [-0.05, 0) is 55.2 Å². The molecule has 140 valence electrons. The molecule has 6 heteroatoms. The molecule has 2 aliphatic rings. The molecule has 0 spiro atoms. The summed E-state index contributed by atoms with van der Waals surface area (Å²) in [6.45, 7) is 0.668. The highest BCUT2D eigenvalue weighted by Crippen LogP contribution is 2.35. The van der Waals surface area contributed by atoms with Crippen molar-refractivity contribution in [2.45, 2.75) is 32.1 Å². The summed E-state index contributed by atoms with van der Waals surface area (Å²) < 4.78 is 13.9. The third-order valence-corrected chi connectivity index (χ3v) is 5.71. The van der Waals surface area contributed by atoms with E-state index in [-0.39, 0.29) is 22.4 Å². The van der Waals surface area contributed by atoms with E-state index in [9.17, 15) is 14.0 Å². The Hall–Kier alpha value is -2.40. The molecule has 4 rings (SSSR count). The van der Waals surface area contributed by atoms with Crippen LogP contribution < -0.4 is 10.2 Å². The van der Waals surface area contributed by atoms with Gasteiger partial charge in [-0.3, -0.25) is 9.59 Å². The average Bonchev–Trinajstić information content (AvgIpc) is 3.31. The van der Waals surface area contributed by atoms with Gasteiger partial charge in [-0.15, -0.1) is 0 Å². The van der Waals surface area contributed by atoms with Crippen molar-refractivity contribution in [2.24, 2.45) is 5.92 Å². The van der Waals surface area contributed by atoms with Gasteiger partial charge < -0.3 is 10.2 Å². The molecule has 0 bridgehead atoms. The zero-order valence-electron chi connectivity index (χ0n) is 14.8. The van der Waals surface area contributed by atoms with Gasteiger partial charge in [0.25, 0.3) is 5.91 Å². The van der Waals surface area contributed by atoms with Gasteiger partial charge in [-0.25, -0.2) is 4.39 Å². The Bertz CT molecular complexity index is 889. The highest BCUT2D eigenvalue weighted by atomic mass is 35.5. The third-order valence-electron chi connectivity index (χ3n) is 5.39. The van der Waals surface area contributed by atoms with Crippen molar-refractivity contribution >= 4 is 34.8 Å². The number of benzene rings is 2. The fourth-order valence-electron chi connectivity index (χ4n) is 4.01. The van der Waals surface area contributed by atoms with Gasteiger partial charge >= 0.3 is 0 Å². The lowest BCUT2D eigenvalue weighted by Crippen LogP contribution is -2.33. The van der Waals surface area contributed by atoms with E-state index in [1.807, 2.05) is 17.0 Å². The number of halogens is 2. The SMILES string of the molecule is O=C(Nc1ccc2c(c1)CCN2C(=O)C1CCCC1)c1c(F)cccc1Cl. The van der Waals surface area contributed by atoms with Crippen LogP contribution in [0, 0.1) is 11.7 Å². The molecule has 27 heavy (non-hydrogen) atoms. The maximum Gasteiger partial charge on any atom is 0.260 e. The van der Waals surface area contributed by atoms with Gasteiger partial charge in [0, 0.05) is 23.8 Å². The number of hydrogen-bond donors (Lipinski definition) is 1. The van der Waals surface area contributed by atoms with Crippen LogP contribution in [-0.4, -0.2) is 18.4 Å². The number of rotatable bonds is 3. The summed E-state index contributed by atoms with van der Waals surface area (Å²) in [5.74, 6) is -0.899. The molecule has 1 aliphatic heterocycles. The van der Waals surface area contributed by atoms with Gasteiger partial charge in [0.05, 0.1) is 10.6 Å². The largest absolute Gasteiger partial charge is 0.322 e. The molecule has 0 radical (unpaired) electrons. The lowest BCUT2D eigenvalue weighted by atomic mass is 10.1. The molecule has 0 saturated heterocycles. The van der Waals surface area contributed by atoms with Crippen molar-refractivity contribution in [1.29, 1.82) is 0 Å². The highest BCUT2D eigenvalue weighted by Gasteiger charge is 2.32. The number of nitrogens with one attached hydrogen (secondary N) is 1. The average molecular weight is 387 g/mol. The molecule has 1 N–H and O–H groups in total. The number of amides is 2. The summed E-state index contributed by atoms with van der Waals surface area (Å²) in [6, 6.07) is 9.59. The van der Waals surface area contributed by atoms with Crippen LogP contribution in [0.4, 0.5) is 15.8 Å². The van der Waals surface area contributed by atoms with E-state index < -0.39 is 11.7 Å². The molecule has 2 amide bonds. The summed E-state index contributed by atoms with van der Waals surface area (Å²) in [5.41, 5.74) is 2.32. The molecule has 1 heterocycles. The smallest absolute Gasteiger partial charge is 0.260 e.